The molecule has 10 heavy (non-hydrogen) atoms. The lowest BCUT2D eigenvalue weighted by molar-refractivity contribution is 0.417. The second-order valence-corrected chi connectivity index (χ2v) is 3.67. The van der Waals surface area contributed by atoms with E-state index in [1.807, 2.05) is 0 Å². The summed E-state index contributed by atoms with van der Waals surface area (Å²) < 4.78 is 0. The van der Waals surface area contributed by atoms with Crippen LogP contribution >= 0.6 is 0 Å². The van der Waals surface area contributed by atoms with E-state index >= 15 is 0 Å². The Labute approximate surface area is 64.3 Å². The fourth-order valence-corrected chi connectivity index (χ4v) is 1.53. The molecule has 0 nitrogen and oxygen atoms in total. The van der Waals surface area contributed by atoms with Crippen LogP contribution in [0.15, 0.2) is 11.1 Å². The molecule has 0 spiro atoms. The van der Waals surface area contributed by atoms with Gasteiger partial charge < -0.3 is 0 Å². The second-order valence-electron chi connectivity index (χ2n) is 3.67. The van der Waals surface area contributed by atoms with Crippen molar-refractivity contribution in [1.29, 1.82) is 0 Å². The van der Waals surface area contributed by atoms with Gasteiger partial charge in [0.15, 0.2) is 0 Å². The van der Waals surface area contributed by atoms with Gasteiger partial charge in [0.25, 0.3) is 0 Å². The highest BCUT2D eigenvalue weighted by molar-refractivity contribution is 5.23. The Balaban J connectivity index is 2.69. The van der Waals surface area contributed by atoms with Crippen LogP contribution in [-0.2, 0) is 0 Å². The van der Waals surface area contributed by atoms with Crippen molar-refractivity contribution < 1.29 is 0 Å². The van der Waals surface area contributed by atoms with Gasteiger partial charge in [-0.2, -0.15) is 0 Å². The summed E-state index contributed by atoms with van der Waals surface area (Å²) in [4.78, 5) is 0. The number of hydrogen-bond donors (Lipinski definition) is 0. The largest absolute Gasteiger partial charge is 0.0738 e. The lowest BCUT2D eigenvalue weighted by Crippen LogP contribution is -2.15. The first kappa shape index (κ1) is 7.84. The highest BCUT2D eigenvalue weighted by Gasteiger charge is 2.19. The minimum absolute atomic E-state index is 0.781. The maximum absolute atomic E-state index is 2.39. The van der Waals surface area contributed by atoms with Crippen LogP contribution in [0.5, 0.6) is 0 Å². The van der Waals surface area contributed by atoms with Gasteiger partial charge in [-0.05, 0) is 38.5 Å². The van der Waals surface area contributed by atoms with E-state index in [1.54, 1.807) is 5.57 Å². The zero-order chi connectivity index (χ0) is 7.72. The average molecular weight is 137 g/mol. The van der Waals surface area contributed by atoms with E-state index < -0.39 is 0 Å². The molecule has 0 heteroatoms. The number of hydrogen-bond acceptors (Lipinski definition) is 0. The van der Waals surface area contributed by atoms with E-state index in [-0.39, 0.29) is 0 Å². The van der Waals surface area contributed by atoms with Crippen molar-refractivity contribution in [2.75, 3.05) is 0 Å². The number of allylic oxidation sites excluding steroid dienone is 2. The summed E-state index contributed by atoms with van der Waals surface area (Å²) >= 11 is 0. The molecule has 0 aromatic carbocycles. The molecule has 0 aliphatic heterocycles. The van der Waals surface area contributed by atoms with E-state index in [1.165, 1.54) is 12.0 Å². The molecule has 0 heterocycles. The molecule has 2 atom stereocenters. The minimum Gasteiger partial charge on any atom is -0.0738 e. The van der Waals surface area contributed by atoms with Crippen molar-refractivity contribution >= 4 is 0 Å². The molecule has 0 aromatic rings. The van der Waals surface area contributed by atoms with E-state index in [9.17, 15) is 0 Å². The smallest absolute Gasteiger partial charge is 0.0107 e. The van der Waals surface area contributed by atoms with Crippen LogP contribution in [0.25, 0.3) is 0 Å². The Bertz CT molecular complexity index is 135. The van der Waals surface area contributed by atoms with Gasteiger partial charge in [0.1, 0.15) is 0 Å². The van der Waals surface area contributed by atoms with Gasteiger partial charge in [0.05, 0.1) is 0 Å². The summed E-state index contributed by atoms with van der Waals surface area (Å²) in [6.07, 6.45) is 3.69. The van der Waals surface area contributed by atoms with Gasteiger partial charge in [-0.25, -0.2) is 0 Å². The van der Waals surface area contributed by atoms with Crippen molar-refractivity contribution in [1.82, 2.24) is 0 Å². The van der Waals surface area contributed by atoms with Gasteiger partial charge in [-0.1, -0.05) is 25.0 Å². The maximum atomic E-state index is 2.39. The van der Waals surface area contributed by atoms with Gasteiger partial charge in [-0.15, -0.1) is 0 Å². The average Bonchev–Trinajstić information content (AvgIpc) is 1.84. The third-order valence-electron chi connectivity index (χ3n) is 2.71. The summed E-state index contributed by atoms with van der Waals surface area (Å²) in [5.74, 6) is 1.63. The Morgan fingerprint density at radius 3 is 2.40 bits per heavy atom. The predicted molar refractivity (Wildman–Crippen MR) is 45.6 cm³/mol. The SMILES string of the molecule is CC1=C(C)CC(C)C(C)[CH]1. The number of rotatable bonds is 0. The summed E-state index contributed by atoms with van der Waals surface area (Å²) in [5.41, 5.74) is 3.08. The molecule has 0 fully saturated rings. The van der Waals surface area contributed by atoms with E-state index in [0.29, 0.717) is 0 Å². The van der Waals surface area contributed by atoms with E-state index in [0.717, 1.165) is 11.8 Å². The van der Waals surface area contributed by atoms with Crippen molar-refractivity contribution in [2.45, 2.75) is 34.1 Å². The Morgan fingerprint density at radius 2 is 1.90 bits per heavy atom. The molecule has 0 saturated heterocycles. The summed E-state index contributed by atoms with van der Waals surface area (Å²) in [6.45, 7) is 9.10. The molecule has 1 aliphatic rings. The highest BCUT2D eigenvalue weighted by atomic mass is 14.2. The van der Waals surface area contributed by atoms with Crippen molar-refractivity contribution in [3.63, 3.8) is 0 Å². The molecule has 0 N–H and O–H groups in total. The molecule has 2 unspecified atom stereocenters. The Morgan fingerprint density at radius 1 is 1.30 bits per heavy atom. The van der Waals surface area contributed by atoms with Crippen LogP contribution < -0.4 is 0 Å². The summed E-state index contributed by atoms with van der Waals surface area (Å²) in [7, 11) is 0. The van der Waals surface area contributed by atoms with Crippen molar-refractivity contribution in [3.05, 3.63) is 17.6 Å². The Kier molecular flexibility index (Phi) is 2.18. The highest BCUT2D eigenvalue weighted by Crippen LogP contribution is 2.31. The van der Waals surface area contributed by atoms with Gasteiger partial charge in [0.2, 0.25) is 0 Å². The van der Waals surface area contributed by atoms with Gasteiger partial charge >= 0.3 is 0 Å². The normalized spacial score (nSPS) is 34.8. The van der Waals surface area contributed by atoms with Crippen LogP contribution in [0.2, 0.25) is 0 Å². The van der Waals surface area contributed by atoms with Crippen LogP contribution in [0.3, 0.4) is 0 Å². The second kappa shape index (κ2) is 2.77. The molecule has 0 saturated carbocycles. The third kappa shape index (κ3) is 1.42. The van der Waals surface area contributed by atoms with Crippen molar-refractivity contribution in [3.8, 4) is 0 Å². The van der Waals surface area contributed by atoms with E-state index in [2.05, 4.69) is 34.1 Å². The molecule has 57 valence electrons. The fourth-order valence-electron chi connectivity index (χ4n) is 1.53. The van der Waals surface area contributed by atoms with Crippen LogP contribution in [0.4, 0.5) is 0 Å². The zero-order valence-corrected chi connectivity index (χ0v) is 7.44. The molecule has 1 rings (SSSR count). The van der Waals surface area contributed by atoms with Crippen molar-refractivity contribution in [2.24, 2.45) is 11.8 Å². The van der Waals surface area contributed by atoms with Crippen LogP contribution in [0.1, 0.15) is 34.1 Å². The fraction of sp³-hybridized carbons (Fsp3) is 0.700. The molecular weight excluding hydrogens is 120 g/mol. The quantitative estimate of drug-likeness (QED) is 0.481. The molecule has 0 aromatic heterocycles. The first-order valence-electron chi connectivity index (χ1n) is 4.12. The lowest BCUT2D eigenvalue weighted by atomic mass is 9.79. The summed E-state index contributed by atoms with van der Waals surface area (Å²) in [6, 6.07) is 0. The van der Waals surface area contributed by atoms with E-state index in [4.69, 9.17) is 0 Å². The molecule has 0 amide bonds. The monoisotopic (exact) mass is 137 g/mol. The minimum atomic E-state index is 0.781. The molecular formula is C10H17. The topological polar surface area (TPSA) is 0 Å². The molecule has 1 radical (unpaired) electrons. The van der Waals surface area contributed by atoms with Gasteiger partial charge in [0, 0.05) is 0 Å². The van der Waals surface area contributed by atoms with Crippen LogP contribution in [0, 0.1) is 18.3 Å². The maximum Gasteiger partial charge on any atom is -0.0107 e. The van der Waals surface area contributed by atoms with Crippen LogP contribution in [-0.4, -0.2) is 0 Å². The third-order valence-corrected chi connectivity index (χ3v) is 2.71. The first-order chi connectivity index (χ1) is 4.61. The predicted octanol–water partition coefficient (Wildman–Crippen LogP) is 3.20. The summed E-state index contributed by atoms with van der Waals surface area (Å²) in [5, 5.41) is 0. The van der Waals surface area contributed by atoms with Gasteiger partial charge in [-0.3, -0.25) is 0 Å². The standard InChI is InChI=1S/C10H17/c1-7-5-9(3)10(4)6-8(7)2/h5,7-8H,6H2,1-4H3. The Hall–Kier alpha value is -0.260. The first-order valence-corrected chi connectivity index (χ1v) is 4.12. The molecule has 0 bridgehead atoms. The molecule has 1 aliphatic carbocycles. The zero-order valence-electron chi connectivity index (χ0n) is 7.44. The lowest BCUT2D eigenvalue weighted by Gasteiger charge is -2.27.